The van der Waals surface area contributed by atoms with Gasteiger partial charge < -0.3 is 11.1 Å². The molecule has 1 atom stereocenters. The standard InChI is InChI=1S/C18H29N3O/c1-3-4-5-6-7-8-9-15-10-12-16(13-11-15)18(22)21-14(2)17(19)20/h10-14H,3-9H2,1-2H3,(H3,19,20)(H,21,22)/t14-/m1/s1. The van der Waals surface area contributed by atoms with E-state index in [4.69, 9.17) is 11.1 Å². The molecule has 0 saturated carbocycles. The third-order valence-electron chi connectivity index (χ3n) is 3.85. The van der Waals surface area contributed by atoms with Gasteiger partial charge in [0.15, 0.2) is 0 Å². The van der Waals surface area contributed by atoms with E-state index in [9.17, 15) is 4.79 Å². The number of hydrogen-bond acceptors (Lipinski definition) is 2. The summed E-state index contributed by atoms with van der Waals surface area (Å²) < 4.78 is 0. The summed E-state index contributed by atoms with van der Waals surface area (Å²) in [7, 11) is 0. The number of hydrogen-bond donors (Lipinski definition) is 3. The van der Waals surface area contributed by atoms with Crippen LogP contribution >= 0.6 is 0 Å². The highest BCUT2D eigenvalue weighted by Gasteiger charge is 2.11. The molecule has 4 nitrogen and oxygen atoms in total. The molecule has 1 aromatic rings. The second-order valence-corrected chi connectivity index (χ2v) is 5.87. The van der Waals surface area contributed by atoms with Crippen molar-refractivity contribution in [1.29, 1.82) is 5.41 Å². The summed E-state index contributed by atoms with van der Waals surface area (Å²) in [6.07, 6.45) is 8.82. The molecule has 0 radical (unpaired) electrons. The summed E-state index contributed by atoms with van der Waals surface area (Å²) in [5, 5.41) is 9.99. The number of aryl methyl sites for hydroxylation is 1. The minimum atomic E-state index is -0.435. The smallest absolute Gasteiger partial charge is 0.251 e. The molecule has 1 rings (SSSR count). The van der Waals surface area contributed by atoms with Crippen LogP contribution in [-0.2, 0) is 6.42 Å². The molecule has 0 unspecified atom stereocenters. The highest BCUT2D eigenvalue weighted by Crippen LogP contribution is 2.11. The molecule has 122 valence electrons. The van der Waals surface area contributed by atoms with Gasteiger partial charge in [0.2, 0.25) is 0 Å². The monoisotopic (exact) mass is 303 g/mol. The Morgan fingerprint density at radius 1 is 1.14 bits per heavy atom. The fraction of sp³-hybridized carbons (Fsp3) is 0.556. The third-order valence-corrected chi connectivity index (χ3v) is 3.85. The molecule has 0 spiro atoms. The van der Waals surface area contributed by atoms with Crippen LogP contribution in [0.3, 0.4) is 0 Å². The summed E-state index contributed by atoms with van der Waals surface area (Å²) in [6, 6.07) is 7.28. The number of nitrogens with two attached hydrogens (primary N) is 1. The normalized spacial score (nSPS) is 11.9. The average Bonchev–Trinajstić information content (AvgIpc) is 2.51. The Balaban J connectivity index is 2.36. The van der Waals surface area contributed by atoms with Crippen LogP contribution in [0.4, 0.5) is 0 Å². The molecular weight excluding hydrogens is 274 g/mol. The predicted molar refractivity (Wildman–Crippen MR) is 92.4 cm³/mol. The Labute approximate surface area is 134 Å². The highest BCUT2D eigenvalue weighted by molar-refractivity contribution is 5.97. The Bertz CT molecular complexity index is 468. The quantitative estimate of drug-likeness (QED) is 0.350. The Morgan fingerprint density at radius 2 is 1.73 bits per heavy atom. The lowest BCUT2D eigenvalue weighted by atomic mass is 10.0. The molecule has 4 N–H and O–H groups in total. The molecule has 0 aliphatic heterocycles. The van der Waals surface area contributed by atoms with E-state index < -0.39 is 6.04 Å². The number of carbonyl (C=O) groups is 1. The topological polar surface area (TPSA) is 79.0 Å². The van der Waals surface area contributed by atoms with E-state index in [1.807, 2.05) is 24.3 Å². The summed E-state index contributed by atoms with van der Waals surface area (Å²) >= 11 is 0. The van der Waals surface area contributed by atoms with Crippen molar-refractivity contribution in [2.75, 3.05) is 0 Å². The lowest BCUT2D eigenvalue weighted by molar-refractivity contribution is 0.0949. The van der Waals surface area contributed by atoms with Crippen LogP contribution in [0.1, 0.15) is 68.3 Å². The van der Waals surface area contributed by atoms with Crippen LogP contribution < -0.4 is 11.1 Å². The maximum Gasteiger partial charge on any atom is 0.251 e. The molecule has 0 aliphatic carbocycles. The van der Waals surface area contributed by atoms with Crippen molar-refractivity contribution in [3.63, 3.8) is 0 Å². The molecule has 4 heteroatoms. The largest absolute Gasteiger partial charge is 0.386 e. The maximum atomic E-state index is 12.0. The van der Waals surface area contributed by atoms with Gasteiger partial charge in [0.25, 0.3) is 5.91 Å². The average molecular weight is 303 g/mol. The Morgan fingerprint density at radius 3 is 2.32 bits per heavy atom. The van der Waals surface area contributed by atoms with Gasteiger partial charge in [-0.25, -0.2) is 0 Å². The van der Waals surface area contributed by atoms with Crippen LogP contribution in [-0.4, -0.2) is 17.8 Å². The Hall–Kier alpha value is -1.84. The van der Waals surface area contributed by atoms with Gasteiger partial charge in [0.05, 0.1) is 6.04 Å². The maximum absolute atomic E-state index is 12.0. The molecule has 0 saturated heterocycles. The SMILES string of the molecule is CCCCCCCCc1ccc(C(=O)N[C@H](C)C(=N)N)cc1. The number of unbranched alkanes of at least 4 members (excludes halogenated alkanes) is 5. The molecule has 22 heavy (non-hydrogen) atoms. The summed E-state index contributed by atoms with van der Waals surface area (Å²) in [5.41, 5.74) is 7.23. The first-order valence-corrected chi connectivity index (χ1v) is 8.28. The molecule has 0 bridgehead atoms. The van der Waals surface area contributed by atoms with E-state index in [0.717, 1.165) is 6.42 Å². The lowest BCUT2D eigenvalue weighted by Gasteiger charge is -2.12. The van der Waals surface area contributed by atoms with Gasteiger partial charge in [-0.2, -0.15) is 0 Å². The molecule has 0 aliphatic rings. The zero-order chi connectivity index (χ0) is 16.4. The first-order chi connectivity index (χ1) is 10.5. The summed E-state index contributed by atoms with van der Waals surface area (Å²) in [6.45, 7) is 3.93. The van der Waals surface area contributed by atoms with Gasteiger partial charge in [0, 0.05) is 5.56 Å². The number of carbonyl (C=O) groups excluding carboxylic acids is 1. The second-order valence-electron chi connectivity index (χ2n) is 5.87. The van der Waals surface area contributed by atoms with Crippen LogP contribution in [0, 0.1) is 5.41 Å². The number of amidine groups is 1. The summed E-state index contributed by atoms with van der Waals surface area (Å²) in [5.74, 6) is -0.221. The van der Waals surface area contributed by atoms with E-state index in [2.05, 4.69) is 12.2 Å². The fourth-order valence-electron chi connectivity index (χ4n) is 2.29. The van der Waals surface area contributed by atoms with E-state index >= 15 is 0 Å². The molecule has 0 heterocycles. The number of rotatable bonds is 10. The number of nitrogens with one attached hydrogen (secondary N) is 2. The Kier molecular flexibility index (Phi) is 8.26. The van der Waals surface area contributed by atoms with Gasteiger partial charge in [-0.3, -0.25) is 10.2 Å². The first kappa shape index (κ1) is 18.2. The van der Waals surface area contributed by atoms with Crippen molar-refractivity contribution in [3.8, 4) is 0 Å². The molecule has 1 amide bonds. The third kappa shape index (κ3) is 6.74. The lowest BCUT2D eigenvalue weighted by Crippen LogP contribution is -2.41. The van der Waals surface area contributed by atoms with Crippen LogP contribution in [0.2, 0.25) is 0 Å². The van der Waals surface area contributed by atoms with Crippen molar-refractivity contribution in [2.24, 2.45) is 5.73 Å². The molecule has 0 fully saturated rings. The number of amides is 1. The minimum Gasteiger partial charge on any atom is -0.386 e. The van der Waals surface area contributed by atoms with E-state index in [-0.39, 0.29) is 11.7 Å². The minimum absolute atomic E-state index is 0.0342. The zero-order valence-corrected chi connectivity index (χ0v) is 13.8. The predicted octanol–water partition coefficient (Wildman–Crippen LogP) is 3.64. The van der Waals surface area contributed by atoms with Crippen molar-refractivity contribution in [2.45, 2.75) is 64.8 Å². The van der Waals surface area contributed by atoms with Crippen LogP contribution in [0.25, 0.3) is 0 Å². The van der Waals surface area contributed by atoms with Crippen molar-refractivity contribution >= 4 is 11.7 Å². The number of benzene rings is 1. The van der Waals surface area contributed by atoms with Gasteiger partial charge in [-0.15, -0.1) is 0 Å². The van der Waals surface area contributed by atoms with Crippen LogP contribution in [0.5, 0.6) is 0 Å². The van der Waals surface area contributed by atoms with Gasteiger partial charge in [-0.1, -0.05) is 51.2 Å². The van der Waals surface area contributed by atoms with Crippen LogP contribution in [0.15, 0.2) is 24.3 Å². The van der Waals surface area contributed by atoms with Gasteiger partial charge in [0.1, 0.15) is 5.84 Å². The van der Waals surface area contributed by atoms with Gasteiger partial charge >= 0.3 is 0 Å². The zero-order valence-electron chi connectivity index (χ0n) is 13.8. The molecule has 1 aromatic carbocycles. The van der Waals surface area contributed by atoms with Crippen molar-refractivity contribution in [1.82, 2.24) is 5.32 Å². The fourth-order valence-corrected chi connectivity index (χ4v) is 2.29. The molecule has 0 aromatic heterocycles. The van der Waals surface area contributed by atoms with E-state index in [0.29, 0.717) is 5.56 Å². The van der Waals surface area contributed by atoms with Gasteiger partial charge in [-0.05, 0) is 37.5 Å². The van der Waals surface area contributed by atoms with E-state index in [1.54, 1.807) is 6.92 Å². The summed E-state index contributed by atoms with van der Waals surface area (Å²) in [4.78, 5) is 12.0. The first-order valence-electron chi connectivity index (χ1n) is 8.28. The molecular formula is C18H29N3O. The highest BCUT2D eigenvalue weighted by atomic mass is 16.1. The van der Waals surface area contributed by atoms with Crippen molar-refractivity contribution < 1.29 is 4.79 Å². The van der Waals surface area contributed by atoms with E-state index in [1.165, 1.54) is 44.1 Å². The second kappa shape index (κ2) is 9.98. The van der Waals surface area contributed by atoms with Crippen molar-refractivity contribution in [3.05, 3.63) is 35.4 Å².